The molecule has 0 saturated heterocycles. The van der Waals surface area contributed by atoms with Crippen LogP contribution in [0.1, 0.15) is 33.6 Å². The van der Waals surface area contributed by atoms with Gasteiger partial charge in [-0.3, -0.25) is 0 Å². The summed E-state index contributed by atoms with van der Waals surface area (Å²) in [6.07, 6.45) is 3.97. The van der Waals surface area contributed by atoms with Crippen LogP contribution in [-0.2, 0) is 0 Å². The fourth-order valence-corrected chi connectivity index (χ4v) is 2.24. The normalized spacial score (nSPS) is 11.8. The van der Waals surface area contributed by atoms with Crippen molar-refractivity contribution in [2.24, 2.45) is 5.92 Å². The van der Waals surface area contributed by atoms with E-state index in [0.717, 1.165) is 18.6 Å². The summed E-state index contributed by atoms with van der Waals surface area (Å²) >= 11 is 1.80. The SMILES string of the molecule is CCS/C(=C\C#N)C(CC)CC. The number of nitriles is 1. The Morgan fingerprint density at radius 3 is 2.33 bits per heavy atom. The Kier molecular flexibility index (Phi) is 6.99. The number of thioether (sulfide) groups is 1. The number of hydrogen-bond acceptors (Lipinski definition) is 2. The molecule has 0 fully saturated rings. The summed E-state index contributed by atoms with van der Waals surface area (Å²) in [6.45, 7) is 6.48. The molecule has 0 aromatic heterocycles. The Bertz CT molecular complexity index is 175. The zero-order valence-corrected chi connectivity index (χ0v) is 8.95. The van der Waals surface area contributed by atoms with Gasteiger partial charge in [0, 0.05) is 6.08 Å². The van der Waals surface area contributed by atoms with Crippen LogP contribution in [0.2, 0.25) is 0 Å². The summed E-state index contributed by atoms with van der Waals surface area (Å²) in [6, 6.07) is 2.12. The molecule has 0 saturated carbocycles. The van der Waals surface area contributed by atoms with E-state index in [-0.39, 0.29) is 0 Å². The number of hydrogen-bond donors (Lipinski definition) is 0. The third-order valence-electron chi connectivity index (χ3n) is 1.91. The Morgan fingerprint density at radius 2 is 2.00 bits per heavy atom. The molecule has 0 aromatic carbocycles. The van der Waals surface area contributed by atoms with Crippen LogP contribution in [0.4, 0.5) is 0 Å². The summed E-state index contributed by atoms with van der Waals surface area (Å²) in [5.74, 6) is 1.65. The van der Waals surface area contributed by atoms with Crippen LogP contribution in [0.5, 0.6) is 0 Å². The lowest BCUT2D eigenvalue weighted by Gasteiger charge is -2.14. The zero-order valence-electron chi connectivity index (χ0n) is 8.13. The van der Waals surface area contributed by atoms with E-state index in [2.05, 4.69) is 26.8 Å². The molecular formula is C10H17NS. The highest BCUT2D eigenvalue weighted by Gasteiger charge is 2.09. The van der Waals surface area contributed by atoms with Gasteiger partial charge >= 0.3 is 0 Å². The van der Waals surface area contributed by atoms with Crippen LogP contribution in [-0.4, -0.2) is 5.75 Å². The number of nitrogens with zero attached hydrogens (tertiary/aromatic N) is 1. The van der Waals surface area contributed by atoms with E-state index in [0.29, 0.717) is 5.92 Å². The van der Waals surface area contributed by atoms with Gasteiger partial charge in [-0.2, -0.15) is 5.26 Å². The quantitative estimate of drug-likeness (QED) is 0.608. The van der Waals surface area contributed by atoms with Gasteiger partial charge in [0.1, 0.15) is 0 Å². The largest absolute Gasteiger partial charge is 0.193 e. The highest BCUT2D eigenvalue weighted by molar-refractivity contribution is 8.03. The molecule has 0 radical (unpaired) electrons. The van der Waals surface area contributed by atoms with Crippen LogP contribution < -0.4 is 0 Å². The van der Waals surface area contributed by atoms with E-state index in [1.54, 1.807) is 17.8 Å². The van der Waals surface area contributed by atoms with Crippen molar-refractivity contribution < 1.29 is 0 Å². The summed E-state index contributed by atoms with van der Waals surface area (Å²) in [5.41, 5.74) is 0. The monoisotopic (exact) mass is 183 g/mol. The Labute approximate surface area is 79.8 Å². The predicted molar refractivity (Wildman–Crippen MR) is 55.9 cm³/mol. The van der Waals surface area contributed by atoms with E-state index < -0.39 is 0 Å². The molecule has 1 nitrogen and oxygen atoms in total. The van der Waals surface area contributed by atoms with Crippen LogP contribution >= 0.6 is 11.8 Å². The molecule has 12 heavy (non-hydrogen) atoms. The second kappa shape index (κ2) is 7.24. The van der Waals surface area contributed by atoms with Gasteiger partial charge in [-0.15, -0.1) is 11.8 Å². The van der Waals surface area contributed by atoms with Crippen molar-refractivity contribution in [3.05, 3.63) is 11.0 Å². The Hall–Kier alpha value is -0.420. The molecule has 0 atom stereocenters. The zero-order chi connectivity index (χ0) is 9.40. The first kappa shape index (κ1) is 11.6. The van der Waals surface area contributed by atoms with Crippen LogP contribution in [0.15, 0.2) is 11.0 Å². The fourth-order valence-electron chi connectivity index (χ4n) is 1.20. The average molecular weight is 183 g/mol. The van der Waals surface area contributed by atoms with E-state index in [1.807, 2.05) is 0 Å². The molecule has 0 heterocycles. The van der Waals surface area contributed by atoms with Crippen molar-refractivity contribution in [2.45, 2.75) is 33.6 Å². The molecule has 0 aromatic rings. The minimum atomic E-state index is 0.592. The minimum Gasteiger partial charge on any atom is -0.193 e. The van der Waals surface area contributed by atoms with Gasteiger partial charge in [0.25, 0.3) is 0 Å². The summed E-state index contributed by atoms with van der Waals surface area (Å²) in [5, 5.41) is 8.56. The van der Waals surface area contributed by atoms with Crippen molar-refractivity contribution >= 4 is 11.8 Å². The molecule has 0 aliphatic rings. The van der Waals surface area contributed by atoms with Gasteiger partial charge in [-0.05, 0) is 29.4 Å². The predicted octanol–water partition coefficient (Wildman–Crippen LogP) is 3.58. The van der Waals surface area contributed by atoms with E-state index >= 15 is 0 Å². The van der Waals surface area contributed by atoms with Crippen LogP contribution in [0.25, 0.3) is 0 Å². The van der Waals surface area contributed by atoms with E-state index in [9.17, 15) is 0 Å². The van der Waals surface area contributed by atoms with Gasteiger partial charge < -0.3 is 0 Å². The Balaban J connectivity index is 4.28. The first-order chi connectivity index (χ1) is 5.79. The smallest absolute Gasteiger partial charge is 0.0920 e. The molecule has 0 spiro atoms. The highest BCUT2D eigenvalue weighted by atomic mass is 32.2. The first-order valence-corrected chi connectivity index (χ1v) is 5.51. The maximum atomic E-state index is 8.56. The Morgan fingerprint density at radius 1 is 1.42 bits per heavy atom. The second-order valence-corrected chi connectivity index (χ2v) is 3.96. The molecule has 0 rings (SSSR count). The average Bonchev–Trinajstić information content (AvgIpc) is 2.07. The maximum Gasteiger partial charge on any atom is 0.0920 e. The molecule has 0 aliphatic carbocycles. The molecule has 0 bridgehead atoms. The van der Waals surface area contributed by atoms with Gasteiger partial charge in [-0.25, -0.2) is 0 Å². The second-order valence-electron chi connectivity index (χ2n) is 2.62. The molecule has 2 heteroatoms. The lowest BCUT2D eigenvalue weighted by molar-refractivity contribution is 0.597. The van der Waals surface area contributed by atoms with Gasteiger partial charge in [-0.1, -0.05) is 20.8 Å². The number of rotatable bonds is 5. The van der Waals surface area contributed by atoms with Gasteiger partial charge in [0.05, 0.1) is 6.07 Å². The minimum absolute atomic E-state index is 0.592. The van der Waals surface area contributed by atoms with Crippen LogP contribution in [0, 0.1) is 17.2 Å². The molecule has 0 N–H and O–H groups in total. The van der Waals surface area contributed by atoms with Crippen LogP contribution in [0.3, 0.4) is 0 Å². The number of allylic oxidation sites excluding steroid dienone is 2. The molecule has 0 amide bonds. The highest BCUT2D eigenvalue weighted by Crippen LogP contribution is 2.28. The standard InChI is InChI=1S/C10H17NS/c1-4-9(5-2)10(7-8-11)12-6-3/h7,9H,4-6H2,1-3H3/b10-7-. The third-order valence-corrected chi connectivity index (χ3v) is 2.98. The van der Waals surface area contributed by atoms with Crippen molar-refractivity contribution in [2.75, 3.05) is 5.75 Å². The lowest BCUT2D eigenvalue weighted by atomic mass is 10.0. The van der Waals surface area contributed by atoms with E-state index in [4.69, 9.17) is 5.26 Å². The third kappa shape index (κ3) is 3.82. The molecule has 0 unspecified atom stereocenters. The molecular weight excluding hydrogens is 166 g/mol. The van der Waals surface area contributed by atoms with Gasteiger partial charge in [0.15, 0.2) is 0 Å². The summed E-state index contributed by atoms with van der Waals surface area (Å²) < 4.78 is 0. The van der Waals surface area contributed by atoms with Crippen molar-refractivity contribution in [1.29, 1.82) is 5.26 Å². The fraction of sp³-hybridized carbons (Fsp3) is 0.700. The lowest BCUT2D eigenvalue weighted by Crippen LogP contribution is -1.98. The van der Waals surface area contributed by atoms with Crippen molar-refractivity contribution in [1.82, 2.24) is 0 Å². The van der Waals surface area contributed by atoms with Crippen molar-refractivity contribution in [3.63, 3.8) is 0 Å². The topological polar surface area (TPSA) is 23.8 Å². The van der Waals surface area contributed by atoms with E-state index in [1.165, 1.54) is 4.91 Å². The van der Waals surface area contributed by atoms with Gasteiger partial charge in [0.2, 0.25) is 0 Å². The van der Waals surface area contributed by atoms with Crippen molar-refractivity contribution in [3.8, 4) is 6.07 Å². The summed E-state index contributed by atoms with van der Waals surface area (Å²) in [7, 11) is 0. The maximum absolute atomic E-state index is 8.56. The molecule has 68 valence electrons. The first-order valence-electron chi connectivity index (χ1n) is 4.52. The molecule has 0 aliphatic heterocycles. The summed E-state index contributed by atoms with van der Waals surface area (Å²) in [4.78, 5) is 1.25.